The van der Waals surface area contributed by atoms with E-state index < -0.39 is 0 Å². The van der Waals surface area contributed by atoms with E-state index in [1.807, 2.05) is 32.0 Å². The Morgan fingerprint density at radius 1 is 1.33 bits per heavy atom. The molecule has 2 aliphatic rings. The van der Waals surface area contributed by atoms with Gasteiger partial charge in [0, 0.05) is 24.4 Å². The van der Waals surface area contributed by atoms with E-state index in [2.05, 4.69) is 20.8 Å². The van der Waals surface area contributed by atoms with Crippen molar-refractivity contribution in [2.24, 2.45) is 5.92 Å². The highest BCUT2D eigenvalue weighted by Gasteiger charge is 2.31. The normalized spacial score (nSPS) is 16.7. The third-order valence-electron chi connectivity index (χ3n) is 5.44. The van der Waals surface area contributed by atoms with Crippen LogP contribution in [0.5, 0.6) is 5.75 Å². The molecule has 0 saturated heterocycles. The van der Waals surface area contributed by atoms with Gasteiger partial charge in [-0.3, -0.25) is 9.59 Å². The van der Waals surface area contributed by atoms with Crippen molar-refractivity contribution in [3.63, 3.8) is 0 Å². The molecule has 2 amide bonds. The third-order valence-corrected chi connectivity index (χ3v) is 5.44. The fraction of sp³-hybridized carbons (Fsp3) is 0.545. The van der Waals surface area contributed by atoms with Gasteiger partial charge in [0.05, 0.1) is 6.61 Å². The second-order valence-electron chi connectivity index (χ2n) is 8.37. The van der Waals surface area contributed by atoms with Crippen LogP contribution in [-0.2, 0) is 16.0 Å². The molecule has 1 unspecified atom stereocenters. The summed E-state index contributed by atoms with van der Waals surface area (Å²) in [5.41, 5.74) is 1.93. The third kappa shape index (κ3) is 4.98. The predicted molar refractivity (Wildman–Crippen MR) is 110 cm³/mol. The number of rotatable bonds is 9. The Kier molecular flexibility index (Phi) is 6.01. The fourth-order valence-electron chi connectivity index (χ4n) is 3.51. The average Bonchev–Trinajstić information content (AvgIpc) is 3.46. The predicted octanol–water partition coefficient (Wildman–Crippen LogP) is 3.50. The smallest absolute Gasteiger partial charge is 0.249 e. The minimum atomic E-state index is -0.283. The monoisotopic (exact) mass is 412 g/mol. The van der Waals surface area contributed by atoms with Gasteiger partial charge < -0.3 is 19.9 Å². The van der Waals surface area contributed by atoms with Crippen molar-refractivity contribution in [3.8, 4) is 5.75 Å². The Bertz CT molecular complexity index is 920. The second-order valence-corrected chi connectivity index (χ2v) is 8.37. The summed E-state index contributed by atoms with van der Waals surface area (Å²) in [5.74, 6) is 2.55. The summed E-state index contributed by atoms with van der Waals surface area (Å²) in [6.45, 7) is 4.48. The molecule has 4 rings (SSSR count). The number of aryl methyl sites for hydroxylation is 1. The fourth-order valence-corrected chi connectivity index (χ4v) is 3.51. The number of fused-ring (bicyclic) bond motifs is 1. The molecule has 160 valence electrons. The van der Waals surface area contributed by atoms with Crippen molar-refractivity contribution in [1.29, 1.82) is 0 Å². The van der Waals surface area contributed by atoms with Crippen LogP contribution in [0.3, 0.4) is 0 Å². The van der Waals surface area contributed by atoms with Crippen molar-refractivity contribution in [3.05, 3.63) is 35.5 Å². The standard InChI is InChI=1S/C22H28N4O4/c1-13(2)20(22-25-21(26-30-22)14-5-6-14)24-18(27)4-3-11-29-16-8-9-17-15(12-16)7-10-19(28)23-17/h8-9,12-14,20H,3-7,10-11H2,1-2H3,(H,23,28)(H,24,27). The van der Waals surface area contributed by atoms with E-state index in [0.717, 1.165) is 42.1 Å². The molecular formula is C22H28N4O4. The lowest BCUT2D eigenvalue weighted by Gasteiger charge is -2.19. The Balaban J connectivity index is 1.23. The van der Waals surface area contributed by atoms with E-state index in [9.17, 15) is 9.59 Å². The summed E-state index contributed by atoms with van der Waals surface area (Å²) in [5, 5.41) is 9.93. The molecule has 1 atom stereocenters. The Morgan fingerprint density at radius 3 is 2.93 bits per heavy atom. The van der Waals surface area contributed by atoms with Crippen LogP contribution < -0.4 is 15.4 Å². The molecule has 30 heavy (non-hydrogen) atoms. The van der Waals surface area contributed by atoms with Gasteiger partial charge >= 0.3 is 0 Å². The van der Waals surface area contributed by atoms with Crippen molar-refractivity contribution in [1.82, 2.24) is 15.5 Å². The van der Waals surface area contributed by atoms with E-state index in [0.29, 0.717) is 37.7 Å². The molecule has 1 aromatic heterocycles. The van der Waals surface area contributed by atoms with Crippen LogP contribution in [0.15, 0.2) is 22.7 Å². The summed E-state index contributed by atoms with van der Waals surface area (Å²) in [6.07, 6.45) is 4.38. The second kappa shape index (κ2) is 8.85. The first-order valence-electron chi connectivity index (χ1n) is 10.7. The zero-order valence-electron chi connectivity index (χ0n) is 17.4. The number of amides is 2. The van der Waals surface area contributed by atoms with Gasteiger partial charge in [-0.25, -0.2) is 0 Å². The molecule has 1 aliphatic heterocycles. The molecule has 1 fully saturated rings. The summed E-state index contributed by atoms with van der Waals surface area (Å²) in [6, 6.07) is 5.37. The van der Waals surface area contributed by atoms with E-state index >= 15 is 0 Å². The van der Waals surface area contributed by atoms with E-state index in [1.54, 1.807) is 0 Å². The van der Waals surface area contributed by atoms with Gasteiger partial charge in [-0.05, 0) is 55.4 Å². The van der Waals surface area contributed by atoms with Gasteiger partial charge in [-0.1, -0.05) is 19.0 Å². The van der Waals surface area contributed by atoms with Crippen LogP contribution in [0.2, 0.25) is 0 Å². The summed E-state index contributed by atoms with van der Waals surface area (Å²) in [7, 11) is 0. The minimum absolute atomic E-state index is 0.0474. The maximum absolute atomic E-state index is 12.4. The van der Waals surface area contributed by atoms with E-state index in [-0.39, 0.29) is 23.8 Å². The van der Waals surface area contributed by atoms with Crippen LogP contribution in [0.25, 0.3) is 0 Å². The number of aromatic nitrogens is 2. The van der Waals surface area contributed by atoms with Crippen LogP contribution >= 0.6 is 0 Å². The zero-order chi connectivity index (χ0) is 21.1. The number of hydrogen-bond donors (Lipinski definition) is 2. The lowest BCUT2D eigenvalue weighted by atomic mass is 10.0. The molecule has 8 heteroatoms. The van der Waals surface area contributed by atoms with E-state index in [1.165, 1.54) is 0 Å². The largest absolute Gasteiger partial charge is 0.494 e. The SMILES string of the molecule is CC(C)C(NC(=O)CCCOc1ccc2c(c1)CCC(=O)N2)c1nc(C2CC2)no1. The Morgan fingerprint density at radius 2 is 2.17 bits per heavy atom. The average molecular weight is 412 g/mol. The highest BCUT2D eigenvalue weighted by molar-refractivity contribution is 5.94. The van der Waals surface area contributed by atoms with E-state index in [4.69, 9.17) is 9.26 Å². The number of benzene rings is 1. The van der Waals surface area contributed by atoms with Gasteiger partial charge in [0.1, 0.15) is 11.8 Å². The first kappa shape index (κ1) is 20.4. The summed E-state index contributed by atoms with van der Waals surface area (Å²) < 4.78 is 11.2. The van der Waals surface area contributed by atoms with Gasteiger partial charge in [0.25, 0.3) is 0 Å². The molecule has 2 aromatic rings. The number of carbonyl (C=O) groups is 2. The zero-order valence-corrected chi connectivity index (χ0v) is 17.4. The Labute approximate surface area is 175 Å². The highest BCUT2D eigenvalue weighted by atomic mass is 16.5. The number of anilines is 1. The van der Waals surface area contributed by atoms with Gasteiger partial charge in [-0.2, -0.15) is 4.98 Å². The molecule has 8 nitrogen and oxygen atoms in total. The number of nitrogens with zero attached hydrogens (tertiary/aromatic N) is 2. The van der Waals surface area contributed by atoms with Crippen LogP contribution in [0, 0.1) is 5.92 Å². The summed E-state index contributed by atoms with van der Waals surface area (Å²) in [4.78, 5) is 28.3. The van der Waals surface area contributed by atoms with Crippen molar-refractivity contribution < 1.29 is 18.8 Å². The molecule has 1 aliphatic carbocycles. The highest BCUT2D eigenvalue weighted by Crippen LogP contribution is 2.38. The van der Waals surface area contributed by atoms with Crippen LogP contribution in [0.1, 0.15) is 75.2 Å². The molecular weight excluding hydrogens is 384 g/mol. The topological polar surface area (TPSA) is 106 Å². The number of nitrogens with one attached hydrogen (secondary N) is 2. The lowest BCUT2D eigenvalue weighted by Crippen LogP contribution is -2.32. The number of ether oxygens (including phenoxy) is 1. The first-order valence-corrected chi connectivity index (χ1v) is 10.7. The molecule has 1 saturated carbocycles. The molecule has 0 spiro atoms. The van der Waals surface area contributed by atoms with Crippen molar-refractivity contribution in [2.75, 3.05) is 11.9 Å². The molecule has 0 bridgehead atoms. The first-order chi connectivity index (χ1) is 14.5. The van der Waals surface area contributed by atoms with Crippen LogP contribution in [-0.4, -0.2) is 28.6 Å². The van der Waals surface area contributed by atoms with Gasteiger partial charge in [-0.15, -0.1) is 0 Å². The summed E-state index contributed by atoms with van der Waals surface area (Å²) >= 11 is 0. The Hall–Kier alpha value is -2.90. The maximum Gasteiger partial charge on any atom is 0.249 e. The number of carbonyl (C=O) groups excluding carboxylic acids is 2. The number of hydrogen-bond acceptors (Lipinski definition) is 6. The lowest BCUT2D eigenvalue weighted by molar-refractivity contribution is -0.122. The molecule has 0 radical (unpaired) electrons. The minimum Gasteiger partial charge on any atom is -0.494 e. The quantitative estimate of drug-likeness (QED) is 0.611. The molecule has 2 N–H and O–H groups in total. The van der Waals surface area contributed by atoms with Gasteiger partial charge in [0.2, 0.25) is 17.7 Å². The van der Waals surface area contributed by atoms with Gasteiger partial charge in [0.15, 0.2) is 5.82 Å². The van der Waals surface area contributed by atoms with Crippen molar-refractivity contribution in [2.45, 2.75) is 64.3 Å². The molecule has 2 heterocycles. The van der Waals surface area contributed by atoms with Crippen LogP contribution in [0.4, 0.5) is 5.69 Å². The maximum atomic E-state index is 12.4. The van der Waals surface area contributed by atoms with Crippen molar-refractivity contribution >= 4 is 17.5 Å². The molecule has 1 aromatic carbocycles.